The Labute approximate surface area is 248 Å². The van der Waals surface area contributed by atoms with Gasteiger partial charge in [0.05, 0.1) is 26.4 Å². The number of halogens is 6. The molecular weight excluding hydrogens is 598 g/mol. The molecule has 3 heterocycles. The molecule has 3 aromatic rings. The number of carbonyl (C=O) groups excluding carboxylic acids is 1. The predicted molar refractivity (Wildman–Crippen MR) is 143 cm³/mol. The Kier molecular flexibility index (Phi) is 8.78. The summed E-state index contributed by atoms with van der Waals surface area (Å²) in [7, 11) is 0.969. The minimum Gasteiger partial charge on any atom is -0.465 e. The smallest absolute Gasteiger partial charge is 0.465 e. The third kappa shape index (κ3) is 6.61. The molecule has 2 aliphatic rings. The van der Waals surface area contributed by atoms with Gasteiger partial charge in [-0.25, -0.2) is 14.8 Å². The van der Waals surface area contributed by atoms with Gasteiger partial charge in [-0.1, -0.05) is 31.1 Å². The Balaban J connectivity index is 1.41. The van der Waals surface area contributed by atoms with E-state index in [2.05, 4.69) is 24.6 Å². The molecule has 0 bridgehead atoms. The van der Waals surface area contributed by atoms with E-state index in [1.54, 1.807) is 11.0 Å². The monoisotopic (exact) mass is 628 g/mol. The Morgan fingerprint density at radius 2 is 1.86 bits per heavy atom. The number of methoxy groups -OCH3 is 1. The lowest BCUT2D eigenvalue weighted by atomic mass is 10.00. The fraction of sp³-hybridized carbons (Fsp3) is 0.517. The van der Waals surface area contributed by atoms with Crippen molar-refractivity contribution in [3.05, 3.63) is 53.0 Å². The van der Waals surface area contributed by atoms with Crippen LogP contribution in [0.2, 0.25) is 0 Å². The zero-order valence-electron chi connectivity index (χ0n) is 24.0. The van der Waals surface area contributed by atoms with Crippen LogP contribution in [-0.4, -0.2) is 53.3 Å². The van der Waals surface area contributed by atoms with Crippen molar-refractivity contribution in [2.24, 2.45) is 5.92 Å². The van der Waals surface area contributed by atoms with Gasteiger partial charge in [-0.2, -0.15) is 13.2 Å². The lowest BCUT2D eigenvalue weighted by molar-refractivity contribution is -0.274. The number of ether oxygens (including phenoxy) is 3. The molecular formula is C29H30F6N4O5. The van der Waals surface area contributed by atoms with Crippen LogP contribution >= 0.6 is 0 Å². The number of rotatable bonds is 10. The van der Waals surface area contributed by atoms with Gasteiger partial charge in [-0.05, 0) is 43.7 Å². The van der Waals surface area contributed by atoms with Crippen molar-refractivity contribution in [1.82, 2.24) is 15.1 Å². The Bertz CT molecular complexity index is 1490. The summed E-state index contributed by atoms with van der Waals surface area (Å²) in [4.78, 5) is 21.6. The highest BCUT2D eigenvalue weighted by Crippen LogP contribution is 2.46. The number of carbonyl (C=O) groups is 1. The van der Waals surface area contributed by atoms with Crippen LogP contribution in [0.4, 0.5) is 32.3 Å². The van der Waals surface area contributed by atoms with Gasteiger partial charge >= 0.3 is 18.5 Å². The molecule has 2 fully saturated rings. The van der Waals surface area contributed by atoms with Gasteiger partial charge in [-0.3, -0.25) is 0 Å². The highest BCUT2D eigenvalue weighted by atomic mass is 19.4. The molecule has 0 N–H and O–H groups in total. The number of anilines is 1. The lowest BCUT2D eigenvalue weighted by Gasteiger charge is -2.31. The van der Waals surface area contributed by atoms with Crippen LogP contribution in [0, 0.1) is 5.92 Å². The van der Waals surface area contributed by atoms with E-state index in [1.807, 2.05) is 13.8 Å². The van der Waals surface area contributed by atoms with Crippen LogP contribution in [0.15, 0.2) is 35.0 Å². The molecule has 0 radical (unpaired) electrons. The summed E-state index contributed by atoms with van der Waals surface area (Å²) in [6.45, 7) is 3.84. The SMILES string of the molecule is CCC1[C@H](C)CC(COCc2c(-c3ccccc3OC(F)(F)F)noc2C2CC2)N1c1ncc(C(=O)OC)c(C(F)(F)F)n1. The molecule has 0 spiro atoms. The molecule has 1 saturated heterocycles. The number of para-hydroxylation sites is 1. The molecule has 5 rings (SSSR count). The maximum atomic E-state index is 13.9. The van der Waals surface area contributed by atoms with E-state index in [0.29, 0.717) is 24.2 Å². The molecule has 1 saturated carbocycles. The normalized spacial score (nSPS) is 20.7. The minimum absolute atomic E-state index is 0.0414. The van der Waals surface area contributed by atoms with Gasteiger partial charge in [0.15, 0.2) is 5.69 Å². The fourth-order valence-electron chi connectivity index (χ4n) is 5.79. The number of hydrogen-bond donors (Lipinski definition) is 0. The first-order chi connectivity index (χ1) is 20.8. The van der Waals surface area contributed by atoms with E-state index in [1.165, 1.54) is 18.2 Å². The van der Waals surface area contributed by atoms with Gasteiger partial charge in [-0.15, -0.1) is 13.2 Å². The van der Waals surface area contributed by atoms with E-state index >= 15 is 0 Å². The van der Waals surface area contributed by atoms with E-state index in [0.717, 1.165) is 26.1 Å². The first kappa shape index (κ1) is 31.5. The summed E-state index contributed by atoms with van der Waals surface area (Å²) in [5, 5.41) is 4.07. The number of benzene rings is 1. The van der Waals surface area contributed by atoms with Crippen LogP contribution in [-0.2, 0) is 22.3 Å². The van der Waals surface area contributed by atoms with Crippen molar-refractivity contribution in [3.63, 3.8) is 0 Å². The fourth-order valence-corrected chi connectivity index (χ4v) is 5.79. The Hall–Kier alpha value is -3.88. The molecule has 1 aromatic carbocycles. The summed E-state index contributed by atoms with van der Waals surface area (Å²) in [6.07, 6.45) is -6.25. The zero-order valence-corrected chi connectivity index (χ0v) is 24.0. The molecule has 0 amide bonds. The molecule has 238 valence electrons. The second-order valence-corrected chi connectivity index (χ2v) is 10.9. The summed E-state index contributed by atoms with van der Waals surface area (Å²) in [5.74, 6) is -1.22. The predicted octanol–water partition coefficient (Wildman–Crippen LogP) is 6.92. The van der Waals surface area contributed by atoms with Crippen LogP contribution in [0.25, 0.3) is 11.3 Å². The molecule has 15 heteroatoms. The van der Waals surface area contributed by atoms with E-state index in [9.17, 15) is 31.1 Å². The van der Waals surface area contributed by atoms with E-state index in [4.69, 9.17) is 9.26 Å². The summed E-state index contributed by atoms with van der Waals surface area (Å²) in [6, 6.07) is 4.94. The number of hydrogen-bond acceptors (Lipinski definition) is 9. The zero-order chi connectivity index (χ0) is 31.8. The van der Waals surface area contributed by atoms with Gasteiger partial charge in [0, 0.05) is 29.3 Å². The highest BCUT2D eigenvalue weighted by Gasteiger charge is 2.43. The average Bonchev–Trinajstić information content (AvgIpc) is 3.64. The van der Waals surface area contributed by atoms with E-state index < -0.39 is 41.6 Å². The standard InChI is InChI=1S/C29H30F6N4O5/c1-4-21-15(2)11-17(39(21)27-36-12-19(26(40)41-3)25(37-27)28(30,31)32)13-42-14-20-23(38-44-24(20)16-9-10-16)18-7-5-6-8-22(18)43-29(33,34)35/h5-8,12,15-17,21H,4,9-11,13-14H2,1-3H3/t15-,17?,21?/m1/s1. The Morgan fingerprint density at radius 3 is 2.50 bits per heavy atom. The maximum absolute atomic E-state index is 13.9. The molecule has 2 aromatic heterocycles. The van der Waals surface area contributed by atoms with E-state index in [-0.39, 0.29) is 48.3 Å². The molecule has 1 aliphatic heterocycles. The number of aromatic nitrogens is 3. The van der Waals surface area contributed by atoms with Crippen molar-refractivity contribution < 1.29 is 49.9 Å². The Morgan fingerprint density at radius 1 is 1.14 bits per heavy atom. The van der Waals surface area contributed by atoms with Gasteiger partial charge in [0.1, 0.15) is 22.8 Å². The van der Waals surface area contributed by atoms with Gasteiger partial charge < -0.3 is 23.6 Å². The van der Waals surface area contributed by atoms with Crippen LogP contribution in [0.3, 0.4) is 0 Å². The first-order valence-electron chi connectivity index (χ1n) is 14.0. The van der Waals surface area contributed by atoms with Gasteiger partial charge in [0.2, 0.25) is 5.95 Å². The quantitative estimate of drug-likeness (QED) is 0.175. The van der Waals surface area contributed by atoms with Crippen molar-refractivity contribution in [1.29, 1.82) is 0 Å². The number of esters is 1. The summed E-state index contributed by atoms with van der Waals surface area (Å²) in [5.41, 5.74) is -1.47. The van der Waals surface area contributed by atoms with Crippen molar-refractivity contribution in [2.45, 2.75) is 76.7 Å². The van der Waals surface area contributed by atoms with Crippen molar-refractivity contribution >= 4 is 11.9 Å². The van der Waals surface area contributed by atoms with Gasteiger partial charge in [0.25, 0.3) is 0 Å². The van der Waals surface area contributed by atoms with Crippen molar-refractivity contribution in [3.8, 4) is 17.0 Å². The second-order valence-electron chi connectivity index (χ2n) is 10.9. The topological polar surface area (TPSA) is 99.8 Å². The third-order valence-corrected chi connectivity index (χ3v) is 7.84. The third-order valence-electron chi connectivity index (χ3n) is 7.84. The van der Waals surface area contributed by atoms with Crippen molar-refractivity contribution in [2.75, 3.05) is 18.6 Å². The molecule has 3 atom stereocenters. The summed E-state index contributed by atoms with van der Waals surface area (Å²) >= 11 is 0. The molecule has 2 unspecified atom stereocenters. The number of nitrogens with zero attached hydrogens (tertiary/aromatic N) is 4. The number of alkyl halides is 6. The average molecular weight is 629 g/mol. The lowest BCUT2D eigenvalue weighted by Crippen LogP contribution is -2.41. The largest absolute Gasteiger partial charge is 0.573 e. The van der Waals surface area contributed by atoms with Crippen LogP contribution in [0.5, 0.6) is 5.75 Å². The summed E-state index contributed by atoms with van der Waals surface area (Å²) < 4.78 is 101. The first-order valence-corrected chi connectivity index (χ1v) is 14.0. The molecule has 1 aliphatic carbocycles. The second kappa shape index (κ2) is 12.3. The molecule has 44 heavy (non-hydrogen) atoms. The minimum atomic E-state index is -4.93. The van der Waals surface area contributed by atoms with Crippen LogP contribution < -0.4 is 9.64 Å². The molecule has 9 nitrogen and oxygen atoms in total. The van der Waals surface area contributed by atoms with Crippen LogP contribution in [0.1, 0.15) is 72.8 Å². The maximum Gasteiger partial charge on any atom is 0.573 e. The highest BCUT2D eigenvalue weighted by molar-refractivity contribution is 5.90.